The lowest BCUT2D eigenvalue weighted by Crippen LogP contribution is -2.43. The number of sulfonamides is 1. The summed E-state index contributed by atoms with van der Waals surface area (Å²) in [5, 5.41) is 0. The van der Waals surface area contributed by atoms with Crippen LogP contribution in [0, 0.1) is 0 Å². The van der Waals surface area contributed by atoms with Gasteiger partial charge in [-0.3, -0.25) is 0 Å². The molecule has 2 N–H and O–H groups in total. The lowest BCUT2D eigenvalue weighted by molar-refractivity contribution is 0.0298. The van der Waals surface area contributed by atoms with Crippen LogP contribution in [0.5, 0.6) is 0 Å². The standard InChI is InChI=1S/C11H22N2O3S/c12-8-10-4-3-6-13(10)17(14,15)9-11-5-1-2-7-16-11/h10-11H,1-9,12H2. The van der Waals surface area contributed by atoms with Gasteiger partial charge in [0.1, 0.15) is 0 Å². The largest absolute Gasteiger partial charge is 0.377 e. The molecule has 0 spiro atoms. The van der Waals surface area contributed by atoms with E-state index in [9.17, 15) is 8.42 Å². The predicted octanol–water partition coefficient (Wildman–Crippen LogP) is 0.308. The fourth-order valence-corrected chi connectivity index (χ4v) is 4.66. The van der Waals surface area contributed by atoms with Crippen LogP contribution in [0.4, 0.5) is 0 Å². The van der Waals surface area contributed by atoms with Gasteiger partial charge < -0.3 is 10.5 Å². The molecule has 2 unspecified atom stereocenters. The van der Waals surface area contributed by atoms with Crippen LogP contribution in [-0.2, 0) is 14.8 Å². The van der Waals surface area contributed by atoms with Crippen LogP contribution >= 0.6 is 0 Å². The summed E-state index contributed by atoms with van der Waals surface area (Å²) in [7, 11) is -3.19. The van der Waals surface area contributed by atoms with Gasteiger partial charge in [-0.05, 0) is 32.1 Å². The number of hydrogen-bond donors (Lipinski definition) is 1. The van der Waals surface area contributed by atoms with Crippen molar-refractivity contribution in [2.75, 3.05) is 25.4 Å². The lowest BCUT2D eigenvalue weighted by atomic mass is 10.1. The van der Waals surface area contributed by atoms with Crippen molar-refractivity contribution in [1.29, 1.82) is 0 Å². The van der Waals surface area contributed by atoms with Gasteiger partial charge in [0.2, 0.25) is 10.0 Å². The third-order valence-corrected chi connectivity index (χ3v) is 5.61. The maximum absolute atomic E-state index is 12.3. The Balaban J connectivity index is 1.97. The van der Waals surface area contributed by atoms with Crippen LogP contribution in [0.2, 0.25) is 0 Å². The van der Waals surface area contributed by atoms with Crippen LogP contribution in [0.25, 0.3) is 0 Å². The van der Waals surface area contributed by atoms with E-state index in [-0.39, 0.29) is 17.9 Å². The van der Waals surface area contributed by atoms with E-state index in [1.165, 1.54) is 0 Å². The van der Waals surface area contributed by atoms with Gasteiger partial charge in [-0.2, -0.15) is 4.31 Å². The number of hydrogen-bond acceptors (Lipinski definition) is 4. The Hall–Kier alpha value is -0.170. The molecule has 0 aliphatic carbocycles. The molecular weight excluding hydrogens is 240 g/mol. The van der Waals surface area contributed by atoms with Crippen LogP contribution in [0.15, 0.2) is 0 Å². The highest BCUT2D eigenvalue weighted by atomic mass is 32.2. The normalized spacial score (nSPS) is 31.8. The first-order valence-electron chi connectivity index (χ1n) is 6.44. The summed E-state index contributed by atoms with van der Waals surface area (Å²) < 4.78 is 31.6. The fraction of sp³-hybridized carbons (Fsp3) is 1.00. The van der Waals surface area contributed by atoms with Crippen molar-refractivity contribution in [1.82, 2.24) is 4.31 Å². The monoisotopic (exact) mass is 262 g/mol. The molecule has 17 heavy (non-hydrogen) atoms. The lowest BCUT2D eigenvalue weighted by Gasteiger charge is -2.27. The third kappa shape index (κ3) is 3.19. The van der Waals surface area contributed by atoms with E-state index in [1.54, 1.807) is 4.31 Å². The molecule has 6 heteroatoms. The zero-order valence-electron chi connectivity index (χ0n) is 10.2. The van der Waals surface area contributed by atoms with Crippen molar-refractivity contribution in [2.24, 2.45) is 5.73 Å². The Labute approximate surface area is 103 Å². The van der Waals surface area contributed by atoms with Crippen LogP contribution in [0.1, 0.15) is 32.1 Å². The molecular formula is C11H22N2O3S. The third-order valence-electron chi connectivity index (χ3n) is 3.62. The Kier molecular flexibility index (Phi) is 4.41. The second-order valence-electron chi connectivity index (χ2n) is 4.91. The first-order valence-corrected chi connectivity index (χ1v) is 8.05. The van der Waals surface area contributed by atoms with E-state index in [0.717, 1.165) is 32.1 Å². The summed E-state index contributed by atoms with van der Waals surface area (Å²) in [5.41, 5.74) is 5.62. The molecule has 100 valence electrons. The molecule has 2 heterocycles. The number of nitrogens with two attached hydrogens (primary N) is 1. The van der Waals surface area contributed by atoms with Gasteiger partial charge in [0.25, 0.3) is 0 Å². The van der Waals surface area contributed by atoms with Gasteiger partial charge in [0.15, 0.2) is 0 Å². The molecule has 0 aromatic carbocycles. The van der Waals surface area contributed by atoms with E-state index in [1.807, 2.05) is 0 Å². The maximum Gasteiger partial charge on any atom is 0.216 e. The second-order valence-corrected chi connectivity index (χ2v) is 6.88. The minimum atomic E-state index is -3.19. The zero-order valence-corrected chi connectivity index (χ0v) is 11.0. The Morgan fingerprint density at radius 3 is 2.71 bits per heavy atom. The van der Waals surface area contributed by atoms with E-state index in [2.05, 4.69) is 0 Å². The Morgan fingerprint density at radius 1 is 1.24 bits per heavy atom. The van der Waals surface area contributed by atoms with Gasteiger partial charge >= 0.3 is 0 Å². The Bertz CT molecular complexity index is 339. The molecule has 2 atom stereocenters. The number of nitrogens with zero attached hydrogens (tertiary/aromatic N) is 1. The molecule has 0 aromatic rings. The molecule has 0 saturated carbocycles. The number of ether oxygens (including phenoxy) is 1. The number of rotatable bonds is 4. The molecule has 2 fully saturated rings. The minimum absolute atomic E-state index is 0.00332. The van der Waals surface area contributed by atoms with Crippen molar-refractivity contribution in [3.05, 3.63) is 0 Å². The first kappa shape index (κ1) is 13.3. The van der Waals surface area contributed by atoms with Crippen molar-refractivity contribution in [3.63, 3.8) is 0 Å². The van der Waals surface area contributed by atoms with E-state index in [0.29, 0.717) is 19.7 Å². The predicted molar refractivity (Wildman–Crippen MR) is 66.2 cm³/mol. The zero-order chi connectivity index (χ0) is 12.3. The van der Waals surface area contributed by atoms with Crippen molar-refractivity contribution < 1.29 is 13.2 Å². The highest BCUT2D eigenvalue weighted by Crippen LogP contribution is 2.23. The summed E-state index contributed by atoms with van der Waals surface area (Å²) in [6, 6.07) is 0.00332. The average Bonchev–Trinajstić information content (AvgIpc) is 2.78. The molecule has 0 radical (unpaired) electrons. The van der Waals surface area contributed by atoms with Crippen molar-refractivity contribution in [3.8, 4) is 0 Å². The molecule has 0 aromatic heterocycles. The van der Waals surface area contributed by atoms with E-state index in [4.69, 9.17) is 10.5 Å². The quantitative estimate of drug-likeness (QED) is 0.791. The van der Waals surface area contributed by atoms with E-state index < -0.39 is 10.0 Å². The highest BCUT2D eigenvalue weighted by molar-refractivity contribution is 7.89. The summed E-state index contributed by atoms with van der Waals surface area (Å²) in [6.45, 7) is 1.74. The van der Waals surface area contributed by atoms with Crippen LogP contribution in [0.3, 0.4) is 0 Å². The fourth-order valence-electron chi connectivity index (χ4n) is 2.68. The van der Waals surface area contributed by atoms with Gasteiger partial charge in [-0.25, -0.2) is 8.42 Å². The van der Waals surface area contributed by atoms with Gasteiger partial charge in [0.05, 0.1) is 11.9 Å². The minimum Gasteiger partial charge on any atom is -0.377 e. The summed E-state index contributed by atoms with van der Waals surface area (Å²) in [4.78, 5) is 0. The topological polar surface area (TPSA) is 72.6 Å². The smallest absolute Gasteiger partial charge is 0.216 e. The van der Waals surface area contributed by atoms with Gasteiger partial charge in [0, 0.05) is 25.7 Å². The van der Waals surface area contributed by atoms with Crippen LogP contribution < -0.4 is 5.73 Å². The second kappa shape index (κ2) is 5.65. The van der Waals surface area contributed by atoms with Crippen molar-refractivity contribution in [2.45, 2.75) is 44.2 Å². The molecule has 2 rings (SSSR count). The summed E-state index contributed by atoms with van der Waals surface area (Å²) in [6.07, 6.45) is 4.67. The molecule has 5 nitrogen and oxygen atoms in total. The molecule has 2 aliphatic heterocycles. The van der Waals surface area contributed by atoms with Crippen molar-refractivity contribution >= 4 is 10.0 Å². The highest BCUT2D eigenvalue weighted by Gasteiger charge is 2.35. The van der Waals surface area contributed by atoms with E-state index >= 15 is 0 Å². The molecule has 2 aliphatic rings. The average molecular weight is 262 g/mol. The molecule has 2 saturated heterocycles. The van der Waals surface area contributed by atoms with Gasteiger partial charge in [-0.1, -0.05) is 0 Å². The first-order chi connectivity index (χ1) is 8.13. The Morgan fingerprint density at radius 2 is 2.06 bits per heavy atom. The summed E-state index contributed by atoms with van der Waals surface area (Å²) in [5.74, 6) is 0.128. The SMILES string of the molecule is NCC1CCCN1S(=O)(=O)CC1CCCCO1. The molecule has 0 amide bonds. The molecule has 0 bridgehead atoms. The summed E-state index contributed by atoms with van der Waals surface area (Å²) >= 11 is 0. The van der Waals surface area contributed by atoms with Crippen LogP contribution in [-0.4, -0.2) is 50.3 Å². The maximum atomic E-state index is 12.3. The van der Waals surface area contributed by atoms with Gasteiger partial charge in [-0.15, -0.1) is 0 Å².